The third-order valence-electron chi connectivity index (χ3n) is 4.26. The van der Waals surface area contributed by atoms with Crippen LogP contribution >= 0.6 is 23.1 Å². The van der Waals surface area contributed by atoms with Crippen LogP contribution in [0.2, 0.25) is 0 Å². The molecule has 148 valence electrons. The van der Waals surface area contributed by atoms with Crippen LogP contribution in [0.25, 0.3) is 10.2 Å². The normalized spacial score (nSPS) is 10.9. The molecule has 0 N–H and O–H groups in total. The predicted octanol–water partition coefficient (Wildman–Crippen LogP) is 6.46. The van der Waals surface area contributed by atoms with E-state index in [2.05, 4.69) is 4.98 Å². The van der Waals surface area contributed by atoms with E-state index < -0.39 is 5.76 Å². The SMILES string of the molecule is N#Cc1ccc(C(=O)N(c2ccc(SC(F)F)cc2)c2nc3ccccc3s2)cc1. The summed E-state index contributed by atoms with van der Waals surface area (Å²) in [6, 6.07) is 22.3. The van der Waals surface area contributed by atoms with Gasteiger partial charge in [0.1, 0.15) is 0 Å². The summed E-state index contributed by atoms with van der Waals surface area (Å²) in [5, 5.41) is 9.46. The maximum absolute atomic E-state index is 13.4. The van der Waals surface area contributed by atoms with Gasteiger partial charge in [0.15, 0.2) is 5.13 Å². The minimum Gasteiger partial charge on any atom is -0.268 e. The predicted molar refractivity (Wildman–Crippen MR) is 116 cm³/mol. The summed E-state index contributed by atoms with van der Waals surface area (Å²) < 4.78 is 26.2. The summed E-state index contributed by atoms with van der Waals surface area (Å²) in [4.78, 5) is 19.8. The first-order chi connectivity index (χ1) is 14.5. The Hall–Kier alpha value is -3.28. The summed E-state index contributed by atoms with van der Waals surface area (Å²) in [6.07, 6.45) is 0. The molecule has 0 aliphatic carbocycles. The minimum atomic E-state index is -2.52. The van der Waals surface area contributed by atoms with Crippen LogP contribution in [0.5, 0.6) is 0 Å². The smallest absolute Gasteiger partial charge is 0.268 e. The van der Waals surface area contributed by atoms with Crippen LogP contribution in [0.15, 0.2) is 77.7 Å². The number of benzene rings is 3. The molecule has 4 rings (SSSR count). The molecule has 0 unspecified atom stereocenters. The summed E-state index contributed by atoms with van der Waals surface area (Å²) >= 11 is 1.81. The molecule has 0 saturated heterocycles. The molecule has 1 heterocycles. The minimum absolute atomic E-state index is 0.326. The van der Waals surface area contributed by atoms with Crippen LogP contribution < -0.4 is 4.90 Å². The number of halogens is 2. The van der Waals surface area contributed by atoms with Crippen molar-refractivity contribution < 1.29 is 13.6 Å². The maximum Gasteiger partial charge on any atom is 0.288 e. The summed E-state index contributed by atoms with van der Waals surface area (Å²) in [7, 11) is 0. The molecule has 3 aromatic carbocycles. The van der Waals surface area contributed by atoms with Gasteiger partial charge in [-0.1, -0.05) is 35.2 Å². The van der Waals surface area contributed by atoms with Crippen LogP contribution in [0.1, 0.15) is 15.9 Å². The van der Waals surface area contributed by atoms with Crippen molar-refractivity contribution in [1.82, 2.24) is 4.98 Å². The van der Waals surface area contributed by atoms with Gasteiger partial charge in [-0.3, -0.25) is 9.69 Å². The van der Waals surface area contributed by atoms with Crippen molar-refractivity contribution in [3.8, 4) is 6.07 Å². The first kappa shape index (κ1) is 20.0. The molecule has 1 amide bonds. The highest BCUT2D eigenvalue weighted by Crippen LogP contribution is 2.36. The van der Waals surface area contributed by atoms with Crippen molar-refractivity contribution in [3.63, 3.8) is 0 Å². The van der Waals surface area contributed by atoms with Crippen LogP contribution in [0.4, 0.5) is 19.6 Å². The first-order valence-electron chi connectivity index (χ1n) is 8.80. The fourth-order valence-corrected chi connectivity index (χ4v) is 4.35. The number of anilines is 2. The molecule has 1 aromatic heterocycles. The Morgan fingerprint density at radius 3 is 2.37 bits per heavy atom. The van der Waals surface area contributed by atoms with Gasteiger partial charge in [0.25, 0.3) is 11.7 Å². The molecule has 0 spiro atoms. The van der Waals surface area contributed by atoms with Crippen LogP contribution in [0, 0.1) is 11.3 Å². The maximum atomic E-state index is 13.4. The lowest BCUT2D eigenvalue weighted by Gasteiger charge is -2.20. The van der Waals surface area contributed by atoms with Gasteiger partial charge >= 0.3 is 0 Å². The van der Waals surface area contributed by atoms with Gasteiger partial charge in [-0.2, -0.15) is 14.0 Å². The Kier molecular flexibility index (Phi) is 5.74. The van der Waals surface area contributed by atoms with Gasteiger partial charge < -0.3 is 0 Å². The number of rotatable bonds is 5. The number of nitriles is 1. The second kappa shape index (κ2) is 8.61. The molecular weight excluding hydrogens is 424 g/mol. The zero-order valence-electron chi connectivity index (χ0n) is 15.3. The second-order valence-electron chi connectivity index (χ2n) is 6.17. The third kappa shape index (κ3) is 4.17. The largest absolute Gasteiger partial charge is 0.288 e. The van der Waals surface area contributed by atoms with E-state index in [9.17, 15) is 13.6 Å². The lowest BCUT2D eigenvalue weighted by atomic mass is 10.1. The average molecular weight is 437 g/mol. The molecule has 0 aliphatic heterocycles. The Morgan fingerprint density at radius 1 is 1.03 bits per heavy atom. The van der Waals surface area contributed by atoms with Gasteiger partial charge in [-0.25, -0.2) is 4.98 Å². The Labute approximate surface area is 179 Å². The number of fused-ring (bicyclic) bond motifs is 1. The Morgan fingerprint density at radius 2 is 1.73 bits per heavy atom. The summed E-state index contributed by atoms with van der Waals surface area (Å²) in [6.45, 7) is 0. The molecule has 0 saturated carbocycles. The molecule has 0 fully saturated rings. The quantitative estimate of drug-likeness (QED) is 0.336. The number of amides is 1. The zero-order valence-corrected chi connectivity index (χ0v) is 17.0. The third-order valence-corrected chi connectivity index (χ3v) is 6.00. The molecule has 30 heavy (non-hydrogen) atoms. The Bertz CT molecular complexity index is 1200. The van der Waals surface area contributed by atoms with E-state index >= 15 is 0 Å². The molecular formula is C22H13F2N3OS2. The number of carbonyl (C=O) groups is 1. The van der Waals surface area contributed by atoms with Crippen LogP contribution in [0.3, 0.4) is 0 Å². The highest BCUT2D eigenvalue weighted by Gasteiger charge is 2.23. The highest BCUT2D eigenvalue weighted by molar-refractivity contribution is 7.99. The zero-order chi connectivity index (χ0) is 21.1. The standard InChI is InChI=1S/C22H13F2N3OS2/c23-21(24)29-17-11-9-16(10-12-17)27(20(28)15-7-5-14(13-25)6-8-15)22-26-18-3-1-2-4-19(18)30-22/h1-12,21H. The lowest BCUT2D eigenvalue weighted by Crippen LogP contribution is -2.25. The van der Waals surface area contributed by atoms with Crippen molar-refractivity contribution in [2.45, 2.75) is 10.7 Å². The van der Waals surface area contributed by atoms with E-state index in [0.29, 0.717) is 38.6 Å². The van der Waals surface area contributed by atoms with Crippen LogP contribution in [-0.2, 0) is 0 Å². The van der Waals surface area contributed by atoms with Crippen molar-refractivity contribution in [1.29, 1.82) is 5.26 Å². The molecule has 4 aromatic rings. The van der Waals surface area contributed by atoms with E-state index in [4.69, 9.17) is 5.26 Å². The molecule has 0 radical (unpaired) electrons. The first-order valence-corrected chi connectivity index (χ1v) is 10.5. The van der Waals surface area contributed by atoms with Gasteiger partial charge in [-0.15, -0.1) is 0 Å². The van der Waals surface area contributed by atoms with Crippen molar-refractivity contribution in [2.75, 3.05) is 4.90 Å². The van der Waals surface area contributed by atoms with E-state index in [1.54, 1.807) is 48.5 Å². The topological polar surface area (TPSA) is 57.0 Å². The van der Waals surface area contributed by atoms with Gasteiger partial charge in [0.2, 0.25) is 0 Å². The van der Waals surface area contributed by atoms with Gasteiger partial charge in [0.05, 0.1) is 27.5 Å². The summed E-state index contributed by atoms with van der Waals surface area (Å²) in [5.41, 5.74) is 2.12. The number of thiazole rings is 1. The Balaban J connectivity index is 1.77. The van der Waals surface area contributed by atoms with Crippen molar-refractivity contribution >= 4 is 50.0 Å². The van der Waals surface area contributed by atoms with Crippen molar-refractivity contribution in [2.24, 2.45) is 0 Å². The number of hydrogen-bond acceptors (Lipinski definition) is 5. The average Bonchev–Trinajstić information content (AvgIpc) is 3.18. The second-order valence-corrected chi connectivity index (χ2v) is 8.24. The highest BCUT2D eigenvalue weighted by atomic mass is 32.2. The molecule has 0 bridgehead atoms. The fourth-order valence-electron chi connectivity index (χ4n) is 2.86. The van der Waals surface area contributed by atoms with E-state index in [1.807, 2.05) is 30.3 Å². The number of alkyl halides is 2. The number of aromatic nitrogens is 1. The number of hydrogen-bond donors (Lipinski definition) is 0. The van der Waals surface area contributed by atoms with Gasteiger partial charge in [0, 0.05) is 10.5 Å². The van der Waals surface area contributed by atoms with Gasteiger partial charge in [-0.05, 0) is 60.7 Å². The lowest BCUT2D eigenvalue weighted by molar-refractivity contribution is 0.0999. The molecule has 0 atom stereocenters. The molecule has 4 nitrogen and oxygen atoms in total. The number of carbonyl (C=O) groups excluding carboxylic acids is 1. The fraction of sp³-hybridized carbons (Fsp3) is 0.0455. The molecule has 0 aliphatic rings. The van der Waals surface area contributed by atoms with E-state index in [0.717, 1.165) is 10.2 Å². The van der Waals surface area contributed by atoms with E-state index in [-0.39, 0.29) is 5.91 Å². The number of thioether (sulfide) groups is 1. The summed E-state index contributed by atoms with van der Waals surface area (Å²) in [5.74, 6) is -2.84. The van der Waals surface area contributed by atoms with E-state index in [1.165, 1.54) is 16.2 Å². The van der Waals surface area contributed by atoms with Crippen LogP contribution in [-0.4, -0.2) is 16.6 Å². The van der Waals surface area contributed by atoms with Crippen molar-refractivity contribution in [3.05, 3.63) is 83.9 Å². The molecule has 8 heteroatoms. The number of para-hydroxylation sites is 1. The monoisotopic (exact) mass is 437 g/mol. The number of nitrogens with zero attached hydrogens (tertiary/aromatic N) is 3.